The lowest BCUT2D eigenvalue weighted by atomic mass is 10.2. The number of rotatable bonds is 9. The molecule has 0 spiro atoms. The standard InChI is InChI=1S/C19H25N3O3S.ClH/c1-16-8-10-17(11-9-16)22(15-12-19(23)21-14-5-13-20)26(24,25)18-6-3-2-4-7-18;/h2-4,6-11H,5,12-15,20H2,1H3,(H,21,23);1H. The van der Waals surface area contributed by atoms with Crippen molar-refractivity contribution in [2.45, 2.75) is 24.7 Å². The van der Waals surface area contributed by atoms with Gasteiger partial charge in [-0.15, -0.1) is 12.4 Å². The van der Waals surface area contributed by atoms with E-state index < -0.39 is 10.0 Å². The van der Waals surface area contributed by atoms with Gasteiger partial charge in [-0.3, -0.25) is 9.10 Å². The predicted molar refractivity (Wildman–Crippen MR) is 111 cm³/mol. The molecule has 0 aliphatic carbocycles. The van der Waals surface area contributed by atoms with Crippen molar-refractivity contribution < 1.29 is 13.2 Å². The van der Waals surface area contributed by atoms with E-state index in [9.17, 15) is 13.2 Å². The largest absolute Gasteiger partial charge is 0.356 e. The molecule has 0 heterocycles. The number of benzene rings is 2. The van der Waals surface area contributed by atoms with Gasteiger partial charge < -0.3 is 11.1 Å². The highest BCUT2D eigenvalue weighted by Crippen LogP contribution is 2.24. The molecule has 0 bridgehead atoms. The van der Waals surface area contributed by atoms with E-state index in [1.54, 1.807) is 42.5 Å². The molecule has 0 aliphatic rings. The normalized spacial score (nSPS) is 10.7. The van der Waals surface area contributed by atoms with Gasteiger partial charge in [0.25, 0.3) is 10.0 Å². The maximum Gasteiger partial charge on any atom is 0.264 e. The van der Waals surface area contributed by atoms with Crippen molar-refractivity contribution in [2.24, 2.45) is 5.73 Å². The van der Waals surface area contributed by atoms with Crippen LogP contribution in [0.1, 0.15) is 18.4 Å². The number of hydrogen-bond donors (Lipinski definition) is 2. The molecule has 27 heavy (non-hydrogen) atoms. The molecule has 6 nitrogen and oxygen atoms in total. The number of nitrogens with two attached hydrogens (primary N) is 1. The first-order valence-corrected chi connectivity index (χ1v) is 10.0. The van der Waals surface area contributed by atoms with Gasteiger partial charge in [-0.05, 0) is 44.2 Å². The summed E-state index contributed by atoms with van der Waals surface area (Å²) in [4.78, 5) is 12.2. The van der Waals surface area contributed by atoms with Gasteiger partial charge in [0.2, 0.25) is 5.91 Å². The number of anilines is 1. The minimum absolute atomic E-state index is 0. The Bertz CT molecular complexity index is 812. The van der Waals surface area contributed by atoms with Crippen LogP contribution in [-0.4, -0.2) is 34.0 Å². The zero-order valence-electron chi connectivity index (χ0n) is 15.3. The van der Waals surface area contributed by atoms with Gasteiger partial charge in [-0.25, -0.2) is 8.42 Å². The number of amides is 1. The van der Waals surface area contributed by atoms with Gasteiger partial charge >= 0.3 is 0 Å². The lowest BCUT2D eigenvalue weighted by molar-refractivity contribution is -0.120. The number of nitrogens with one attached hydrogen (secondary N) is 1. The third kappa shape index (κ3) is 6.53. The molecule has 3 N–H and O–H groups in total. The molecule has 0 unspecified atom stereocenters. The molecule has 2 aromatic carbocycles. The van der Waals surface area contributed by atoms with E-state index in [0.717, 1.165) is 5.56 Å². The average Bonchev–Trinajstić information content (AvgIpc) is 2.64. The third-order valence-electron chi connectivity index (χ3n) is 3.90. The average molecular weight is 412 g/mol. The van der Waals surface area contributed by atoms with Crippen LogP contribution in [0, 0.1) is 6.92 Å². The maximum atomic E-state index is 13.1. The Kier molecular flexibility index (Phi) is 9.28. The molecule has 1 amide bonds. The summed E-state index contributed by atoms with van der Waals surface area (Å²) in [7, 11) is -3.75. The van der Waals surface area contributed by atoms with Crippen LogP contribution in [0.2, 0.25) is 0 Å². The van der Waals surface area contributed by atoms with E-state index in [0.29, 0.717) is 25.2 Å². The first kappa shape index (κ1) is 23.0. The SMILES string of the molecule is Cc1ccc(N(CCC(=O)NCCCN)S(=O)(=O)c2ccccc2)cc1.Cl. The fraction of sp³-hybridized carbons (Fsp3) is 0.316. The fourth-order valence-corrected chi connectivity index (χ4v) is 3.93. The number of halogens is 1. The Morgan fingerprint density at radius 1 is 1.07 bits per heavy atom. The Hall–Kier alpha value is -2.09. The summed E-state index contributed by atoms with van der Waals surface area (Å²) in [6.07, 6.45) is 0.764. The van der Waals surface area contributed by atoms with Crippen molar-refractivity contribution in [1.29, 1.82) is 0 Å². The van der Waals surface area contributed by atoms with Gasteiger partial charge in [0.15, 0.2) is 0 Å². The summed E-state index contributed by atoms with van der Waals surface area (Å²) < 4.78 is 27.4. The highest BCUT2D eigenvalue weighted by Gasteiger charge is 2.25. The van der Waals surface area contributed by atoms with Crippen LogP contribution in [0.15, 0.2) is 59.5 Å². The summed E-state index contributed by atoms with van der Waals surface area (Å²) in [6.45, 7) is 2.99. The molecule has 0 atom stereocenters. The number of carbonyl (C=O) groups is 1. The number of nitrogens with zero attached hydrogens (tertiary/aromatic N) is 1. The maximum absolute atomic E-state index is 13.1. The first-order chi connectivity index (χ1) is 12.4. The molecule has 0 radical (unpaired) electrons. The highest BCUT2D eigenvalue weighted by molar-refractivity contribution is 7.92. The molecule has 2 aromatic rings. The fourth-order valence-electron chi connectivity index (χ4n) is 2.44. The van der Waals surface area contributed by atoms with E-state index >= 15 is 0 Å². The van der Waals surface area contributed by atoms with Crippen LogP contribution in [0.3, 0.4) is 0 Å². The minimum Gasteiger partial charge on any atom is -0.356 e. The van der Waals surface area contributed by atoms with E-state index in [-0.39, 0.29) is 36.2 Å². The molecular weight excluding hydrogens is 386 g/mol. The summed E-state index contributed by atoms with van der Waals surface area (Å²) in [5, 5.41) is 2.75. The van der Waals surface area contributed by atoms with Crippen LogP contribution in [0.4, 0.5) is 5.69 Å². The Morgan fingerprint density at radius 3 is 2.30 bits per heavy atom. The van der Waals surface area contributed by atoms with Crippen LogP contribution in [0.5, 0.6) is 0 Å². The Labute approximate surface area is 167 Å². The van der Waals surface area contributed by atoms with Crippen molar-refractivity contribution in [3.05, 3.63) is 60.2 Å². The Morgan fingerprint density at radius 2 is 1.70 bits per heavy atom. The zero-order valence-corrected chi connectivity index (χ0v) is 16.9. The summed E-state index contributed by atoms with van der Waals surface area (Å²) in [5.74, 6) is -0.196. The molecule has 148 valence electrons. The van der Waals surface area contributed by atoms with Crippen molar-refractivity contribution in [2.75, 3.05) is 23.9 Å². The van der Waals surface area contributed by atoms with Crippen molar-refractivity contribution in [3.63, 3.8) is 0 Å². The second-order valence-corrected chi connectivity index (χ2v) is 7.83. The van der Waals surface area contributed by atoms with Gasteiger partial charge in [0, 0.05) is 19.5 Å². The lowest BCUT2D eigenvalue weighted by Crippen LogP contribution is -2.35. The topological polar surface area (TPSA) is 92.5 Å². The smallest absolute Gasteiger partial charge is 0.264 e. The van der Waals surface area contributed by atoms with Gasteiger partial charge in [-0.2, -0.15) is 0 Å². The monoisotopic (exact) mass is 411 g/mol. The van der Waals surface area contributed by atoms with E-state index in [4.69, 9.17) is 5.73 Å². The van der Waals surface area contributed by atoms with Gasteiger partial charge in [0.1, 0.15) is 0 Å². The highest BCUT2D eigenvalue weighted by atomic mass is 35.5. The zero-order chi connectivity index (χ0) is 19.0. The van der Waals surface area contributed by atoms with Crippen molar-refractivity contribution in [3.8, 4) is 0 Å². The predicted octanol–water partition coefficient (Wildman–Crippen LogP) is 2.47. The second kappa shape index (κ2) is 10.9. The lowest BCUT2D eigenvalue weighted by Gasteiger charge is -2.24. The Balaban J connectivity index is 0.00000364. The van der Waals surface area contributed by atoms with Crippen molar-refractivity contribution in [1.82, 2.24) is 5.32 Å². The molecule has 0 aliphatic heterocycles. The third-order valence-corrected chi connectivity index (χ3v) is 5.74. The van der Waals surface area contributed by atoms with E-state index in [1.165, 1.54) is 4.31 Å². The van der Waals surface area contributed by atoms with Crippen molar-refractivity contribution >= 4 is 34.0 Å². The molecular formula is C19H26ClN3O3S. The number of aryl methyl sites for hydroxylation is 1. The quantitative estimate of drug-likeness (QED) is 0.620. The van der Waals surface area contributed by atoms with Crippen LogP contribution in [0.25, 0.3) is 0 Å². The van der Waals surface area contributed by atoms with E-state index in [2.05, 4.69) is 5.32 Å². The number of carbonyl (C=O) groups excluding carboxylic acids is 1. The number of sulfonamides is 1. The second-order valence-electron chi connectivity index (χ2n) is 5.97. The van der Waals surface area contributed by atoms with Crippen LogP contribution < -0.4 is 15.4 Å². The van der Waals surface area contributed by atoms with E-state index in [1.807, 2.05) is 19.1 Å². The molecule has 8 heteroatoms. The minimum atomic E-state index is -3.75. The van der Waals surface area contributed by atoms with Crippen LogP contribution in [-0.2, 0) is 14.8 Å². The summed E-state index contributed by atoms with van der Waals surface area (Å²) in [6, 6.07) is 15.4. The molecule has 2 rings (SSSR count). The summed E-state index contributed by atoms with van der Waals surface area (Å²) in [5.41, 5.74) is 6.98. The van der Waals surface area contributed by atoms with Crippen LogP contribution >= 0.6 is 12.4 Å². The number of hydrogen-bond acceptors (Lipinski definition) is 4. The molecule has 0 saturated carbocycles. The summed E-state index contributed by atoms with van der Waals surface area (Å²) >= 11 is 0. The van der Waals surface area contributed by atoms with Gasteiger partial charge in [-0.1, -0.05) is 35.9 Å². The molecule has 0 aromatic heterocycles. The first-order valence-electron chi connectivity index (χ1n) is 8.56. The molecule has 0 saturated heterocycles. The molecule has 0 fully saturated rings. The van der Waals surface area contributed by atoms with Gasteiger partial charge in [0.05, 0.1) is 10.6 Å².